The van der Waals surface area contributed by atoms with E-state index in [4.69, 9.17) is 0 Å². The zero-order valence-corrected chi connectivity index (χ0v) is 18.8. The highest BCUT2D eigenvalue weighted by Crippen LogP contribution is 2.32. The van der Waals surface area contributed by atoms with Gasteiger partial charge in [-0.1, -0.05) is 98.3 Å². The van der Waals surface area contributed by atoms with E-state index in [1.807, 2.05) is 36.4 Å². The molecule has 1 fully saturated rings. The van der Waals surface area contributed by atoms with Gasteiger partial charge in [0.2, 0.25) is 5.91 Å². The molecule has 1 aliphatic rings. The van der Waals surface area contributed by atoms with Gasteiger partial charge in [-0.3, -0.25) is 9.69 Å². The molecule has 158 valence electrons. The molecule has 4 rings (SSSR count). The predicted molar refractivity (Wildman–Crippen MR) is 132 cm³/mol. The van der Waals surface area contributed by atoms with E-state index in [1.54, 1.807) is 22.9 Å². The molecule has 1 atom stereocenters. The Morgan fingerprint density at radius 1 is 1.03 bits per heavy atom. The van der Waals surface area contributed by atoms with Crippen LogP contribution in [0.3, 0.4) is 0 Å². The molecule has 1 heterocycles. The van der Waals surface area contributed by atoms with Crippen molar-refractivity contribution in [3.63, 3.8) is 0 Å². The fourth-order valence-electron chi connectivity index (χ4n) is 3.77. The van der Waals surface area contributed by atoms with E-state index in [1.165, 1.54) is 10.9 Å². The Labute approximate surface area is 188 Å². The van der Waals surface area contributed by atoms with Gasteiger partial charge in [0, 0.05) is 5.56 Å². The lowest BCUT2D eigenvalue weighted by molar-refractivity contribution is -0.126. The van der Waals surface area contributed by atoms with Gasteiger partial charge in [0.1, 0.15) is 0 Å². The van der Waals surface area contributed by atoms with Gasteiger partial charge in [-0.15, -0.1) is 5.10 Å². The molecule has 0 aliphatic carbocycles. The molecule has 1 aliphatic heterocycles. The summed E-state index contributed by atoms with van der Waals surface area (Å²) in [6, 6.07) is 22.6. The molecule has 5 heteroatoms. The molecule has 3 aromatic carbocycles. The van der Waals surface area contributed by atoms with Gasteiger partial charge in [-0.05, 0) is 35.2 Å². The molecule has 0 saturated carbocycles. The first-order valence-corrected chi connectivity index (χ1v) is 11.7. The van der Waals surface area contributed by atoms with Crippen molar-refractivity contribution in [2.45, 2.75) is 44.9 Å². The summed E-state index contributed by atoms with van der Waals surface area (Å²) in [6.45, 7) is 4.76. The minimum atomic E-state index is -0.0736. The number of nitrogens with zero attached hydrogens (tertiary/aromatic N) is 3. The largest absolute Gasteiger partial charge is 0.284 e. The molecule has 0 radical (unpaired) electrons. The molecular formula is C26H27N3OS. The molecular weight excluding hydrogens is 402 g/mol. The van der Waals surface area contributed by atoms with Gasteiger partial charge in [0.25, 0.3) is 0 Å². The summed E-state index contributed by atoms with van der Waals surface area (Å²) in [5.74, 6) is 0.140. The first-order valence-electron chi connectivity index (χ1n) is 10.8. The first-order chi connectivity index (χ1) is 15.2. The highest BCUT2D eigenvalue weighted by atomic mass is 32.2. The van der Waals surface area contributed by atoms with Crippen LogP contribution in [-0.4, -0.2) is 27.4 Å². The van der Waals surface area contributed by atoms with E-state index >= 15 is 0 Å². The summed E-state index contributed by atoms with van der Waals surface area (Å²) in [4.78, 5) is 14.9. The number of amides is 1. The zero-order chi connectivity index (χ0) is 21.6. The van der Waals surface area contributed by atoms with Crippen LogP contribution in [0.2, 0.25) is 0 Å². The number of hydrogen-bond acceptors (Lipinski definition) is 4. The maximum absolute atomic E-state index is 13.1. The van der Waals surface area contributed by atoms with Crippen molar-refractivity contribution in [2.24, 2.45) is 10.2 Å². The summed E-state index contributed by atoms with van der Waals surface area (Å²) in [5, 5.41) is 11.8. The topological polar surface area (TPSA) is 45.0 Å². The van der Waals surface area contributed by atoms with Gasteiger partial charge in [-0.2, -0.15) is 5.10 Å². The number of unbranched alkanes of at least 4 members (excludes halogenated alkanes) is 1. The molecule has 4 nitrogen and oxygen atoms in total. The Balaban J connectivity index is 1.61. The highest BCUT2D eigenvalue weighted by molar-refractivity contribution is 8.15. The van der Waals surface area contributed by atoms with Gasteiger partial charge in [0.05, 0.1) is 18.0 Å². The average molecular weight is 430 g/mol. The normalized spacial score (nSPS) is 18.0. The fraction of sp³-hybridized carbons (Fsp3) is 0.269. The van der Waals surface area contributed by atoms with E-state index in [9.17, 15) is 4.79 Å². The van der Waals surface area contributed by atoms with Crippen molar-refractivity contribution >= 4 is 39.8 Å². The van der Waals surface area contributed by atoms with Crippen LogP contribution in [0.25, 0.3) is 10.8 Å². The third kappa shape index (κ3) is 4.88. The summed E-state index contributed by atoms with van der Waals surface area (Å²) in [6.07, 6.45) is 4.77. The Morgan fingerprint density at radius 2 is 1.81 bits per heavy atom. The molecule has 0 spiro atoms. The van der Waals surface area contributed by atoms with Crippen LogP contribution in [0.5, 0.6) is 0 Å². The summed E-state index contributed by atoms with van der Waals surface area (Å²) in [7, 11) is 0. The average Bonchev–Trinajstić information content (AvgIpc) is 3.08. The summed E-state index contributed by atoms with van der Waals surface area (Å²) in [5.41, 5.74) is 3.33. The van der Waals surface area contributed by atoms with E-state index in [0.29, 0.717) is 11.7 Å². The van der Waals surface area contributed by atoms with Crippen molar-refractivity contribution in [3.8, 4) is 0 Å². The van der Waals surface area contributed by atoms with E-state index in [-0.39, 0.29) is 11.2 Å². The maximum atomic E-state index is 13.1. The van der Waals surface area contributed by atoms with Crippen LogP contribution in [0.1, 0.15) is 42.9 Å². The van der Waals surface area contributed by atoms with Gasteiger partial charge in [-0.25, -0.2) is 0 Å². The Morgan fingerprint density at radius 3 is 2.65 bits per heavy atom. The number of fused-ring (bicyclic) bond motifs is 1. The Bertz CT molecular complexity index is 1130. The van der Waals surface area contributed by atoms with Crippen LogP contribution in [0.15, 0.2) is 76.9 Å². The van der Waals surface area contributed by atoms with Crippen LogP contribution in [0.4, 0.5) is 0 Å². The van der Waals surface area contributed by atoms with Gasteiger partial charge >= 0.3 is 0 Å². The fourth-order valence-corrected chi connectivity index (χ4v) is 4.91. The van der Waals surface area contributed by atoms with Gasteiger partial charge < -0.3 is 0 Å². The van der Waals surface area contributed by atoms with Crippen LogP contribution in [0, 0.1) is 6.92 Å². The first kappa shape index (κ1) is 21.3. The second kappa shape index (κ2) is 9.92. The van der Waals surface area contributed by atoms with Crippen LogP contribution >= 0.6 is 11.8 Å². The summed E-state index contributed by atoms with van der Waals surface area (Å²) >= 11 is 1.54. The monoisotopic (exact) mass is 429 g/mol. The third-order valence-corrected chi connectivity index (χ3v) is 6.83. The number of rotatable bonds is 7. The van der Waals surface area contributed by atoms with E-state index in [0.717, 1.165) is 35.8 Å². The maximum Gasteiger partial charge on any atom is 0.242 e. The minimum absolute atomic E-state index is 0.0736. The molecule has 31 heavy (non-hydrogen) atoms. The Hall–Kier alpha value is -2.92. The molecule has 0 bridgehead atoms. The summed E-state index contributed by atoms with van der Waals surface area (Å²) < 4.78 is 0. The van der Waals surface area contributed by atoms with Crippen molar-refractivity contribution in [1.82, 2.24) is 4.90 Å². The second-order valence-corrected chi connectivity index (χ2v) is 8.96. The number of amidine groups is 1. The van der Waals surface area contributed by atoms with Crippen molar-refractivity contribution in [3.05, 3.63) is 83.4 Å². The second-order valence-electron chi connectivity index (χ2n) is 7.80. The quantitative estimate of drug-likeness (QED) is 0.333. The SMILES string of the molecule is CCCCC1S/C(=N/N=C/c2cccc3ccccc23)N(Cc2ccccc2C)C1=O. The number of carbonyl (C=O) groups is 1. The molecule has 1 unspecified atom stereocenters. The van der Waals surface area contributed by atoms with E-state index < -0.39 is 0 Å². The highest BCUT2D eigenvalue weighted by Gasteiger charge is 2.37. The lowest BCUT2D eigenvalue weighted by Gasteiger charge is -2.17. The number of hydrogen-bond donors (Lipinski definition) is 0. The lowest BCUT2D eigenvalue weighted by Crippen LogP contribution is -2.31. The van der Waals surface area contributed by atoms with Gasteiger partial charge in [0.15, 0.2) is 5.17 Å². The van der Waals surface area contributed by atoms with Crippen LogP contribution in [-0.2, 0) is 11.3 Å². The number of aryl methyl sites for hydroxylation is 1. The lowest BCUT2D eigenvalue weighted by atomic mass is 10.1. The number of benzene rings is 3. The standard InChI is InChI=1S/C26H27N3OS/c1-3-4-16-24-25(30)29(18-22-12-6-5-10-19(22)2)26(31-24)28-27-17-21-14-9-13-20-11-7-8-15-23(20)21/h5-15,17,24H,3-4,16,18H2,1-2H3/b27-17+,28-26+. The molecule has 0 aromatic heterocycles. The number of carbonyl (C=O) groups excluding carboxylic acids is 1. The molecule has 0 N–H and O–H groups in total. The zero-order valence-electron chi connectivity index (χ0n) is 18.0. The third-order valence-electron chi connectivity index (χ3n) is 5.59. The van der Waals surface area contributed by atoms with Crippen molar-refractivity contribution < 1.29 is 4.79 Å². The molecule has 1 amide bonds. The van der Waals surface area contributed by atoms with Crippen molar-refractivity contribution in [2.75, 3.05) is 0 Å². The smallest absolute Gasteiger partial charge is 0.242 e. The molecule has 1 saturated heterocycles. The number of thioether (sulfide) groups is 1. The van der Waals surface area contributed by atoms with E-state index in [2.05, 4.69) is 54.4 Å². The molecule has 3 aromatic rings. The van der Waals surface area contributed by atoms with Crippen LogP contribution < -0.4 is 0 Å². The predicted octanol–water partition coefficient (Wildman–Crippen LogP) is 6.17. The minimum Gasteiger partial charge on any atom is -0.284 e. The van der Waals surface area contributed by atoms with Crippen molar-refractivity contribution in [1.29, 1.82) is 0 Å². The Kier molecular flexibility index (Phi) is 6.82.